The molecule has 2 rings (SSSR count). The fraction of sp³-hybridized carbons (Fsp3) is 0.412. The quantitative estimate of drug-likeness (QED) is 0.767. The minimum absolute atomic E-state index is 0.383. The second-order valence-corrected chi connectivity index (χ2v) is 7.46. The lowest BCUT2D eigenvalue weighted by Crippen LogP contribution is -2.22. The highest BCUT2D eigenvalue weighted by Gasteiger charge is 2.17. The molecule has 0 aliphatic heterocycles. The molecule has 2 aromatic rings. The number of hydrogen-bond acceptors (Lipinski definition) is 2. The molecule has 0 fully saturated rings. The summed E-state index contributed by atoms with van der Waals surface area (Å²) in [4.78, 5) is 2.76. The smallest absolute Gasteiger partial charge is 0.0467 e. The van der Waals surface area contributed by atoms with Crippen molar-refractivity contribution < 1.29 is 0 Å². The van der Waals surface area contributed by atoms with Gasteiger partial charge in [-0.05, 0) is 66.9 Å². The van der Waals surface area contributed by atoms with Crippen LogP contribution in [0, 0.1) is 20.8 Å². The molecule has 0 spiro atoms. The van der Waals surface area contributed by atoms with Gasteiger partial charge in [0.15, 0.2) is 0 Å². The minimum Gasteiger partial charge on any atom is -0.309 e. The SMILES string of the molecule is CCNC(Cc1cc(C)ccc1C)c1sc(C)cc1Br. The largest absolute Gasteiger partial charge is 0.309 e. The Labute approximate surface area is 134 Å². The van der Waals surface area contributed by atoms with E-state index in [1.165, 1.54) is 30.9 Å². The molecule has 0 aliphatic rings. The van der Waals surface area contributed by atoms with Crippen LogP contribution in [0.2, 0.25) is 0 Å². The van der Waals surface area contributed by atoms with Gasteiger partial charge in [-0.25, -0.2) is 0 Å². The number of likely N-dealkylation sites (N-methyl/N-ethyl adjacent to an activating group) is 1. The fourth-order valence-electron chi connectivity index (χ4n) is 2.48. The van der Waals surface area contributed by atoms with Crippen molar-refractivity contribution in [1.29, 1.82) is 0 Å². The van der Waals surface area contributed by atoms with E-state index in [0.717, 1.165) is 13.0 Å². The first-order chi connectivity index (χ1) is 9.51. The summed E-state index contributed by atoms with van der Waals surface area (Å²) < 4.78 is 1.23. The number of halogens is 1. The highest BCUT2D eigenvalue weighted by molar-refractivity contribution is 9.10. The van der Waals surface area contributed by atoms with Crippen LogP contribution in [-0.2, 0) is 6.42 Å². The Bertz CT molecular complexity index is 589. The summed E-state index contributed by atoms with van der Waals surface area (Å²) >= 11 is 5.59. The van der Waals surface area contributed by atoms with Crippen molar-refractivity contribution in [3.8, 4) is 0 Å². The Hall–Kier alpha value is -0.640. The van der Waals surface area contributed by atoms with Gasteiger partial charge in [-0.2, -0.15) is 0 Å². The van der Waals surface area contributed by atoms with E-state index in [-0.39, 0.29) is 0 Å². The molecule has 108 valence electrons. The molecule has 0 saturated heterocycles. The molecule has 0 saturated carbocycles. The lowest BCUT2D eigenvalue weighted by atomic mass is 9.98. The normalized spacial score (nSPS) is 12.7. The molecule has 1 aromatic carbocycles. The molecule has 0 amide bonds. The summed E-state index contributed by atoms with van der Waals surface area (Å²) in [6.07, 6.45) is 1.04. The molecule has 1 heterocycles. The number of aryl methyl sites for hydroxylation is 3. The number of hydrogen-bond donors (Lipinski definition) is 1. The van der Waals surface area contributed by atoms with Gasteiger partial charge in [0.2, 0.25) is 0 Å². The van der Waals surface area contributed by atoms with Gasteiger partial charge in [0.25, 0.3) is 0 Å². The Morgan fingerprint density at radius 3 is 2.55 bits per heavy atom. The van der Waals surface area contributed by atoms with Crippen molar-refractivity contribution in [2.45, 2.75) is 40.2 Å². The van der Waals surface area contributed by atoms with Gasteiger partial charge < -0.3 is 5.32 Å². The lowest BCUT2D eigenvalue weighted by Gasteiger charge is -2.19. The van der Waals surface area contributed by atoms with Crippen molar-refractivity contribution in [1.82, 2.24) is 5.32 Å². The molecule has 0 bridgehead atoms. The van der Waals surface area contributed by atoms with Gasteiger partial charge >= 0.3 is 0 Å². The second kappa shape index (κ2) is 6.88. The van der Waals surface area contributed by atoms with Crippen LogP contribution in [0.4, 0.5) is 0 Å². The van der Waals surface area contributed by atoms with E-state index in [0.29, 0.717) is 6.04 Å². The Balaban J connectivity index is 2.30. The molecule has 1 nitrogen and oxygen atoms in total. The van der Waals surface area contributed by atoms with Gasteiger partial charge in [-0.1, -0.05) is 30.7 Å². The number of benzene rings is 1. The van der Waals surface area contributed by atoms with Crippen LogP contribution in [-0.4, -0.2) is 6.54 Å². The summed E-state index contributed by atoms with van der Waals surface area (Å²) in [5.74, 6) is 0. The van der Waals surface area contributed by atoms with Crippen molar-refractivity contribution in [2.75, 3.05) is 6.54 Å². The summed E-state index contributed by atoms with van der Waals surface area (Å²) in [5.41, 5.74) is 4.15. The van der Waals surface area contributed by atoms with Crippen LogP contribution in [0.3, 0.4) is 0 Å². The Morgan fingerprint density at radius 2 is 1.95 bits per heavy atom. The third kappa shape index (κ3) is 3.72. The molecule has 1 atom stereocenters. The zero-order chi connectivity index (χ0) is 14.7. The molecular formula is C17H22BrNS. The molecule has 1 aromatic heterocycles. The monoisotopic (exact) mass is 351 g/mol. The fourth-order valence-corrected chi connectivity index (χ4v) is 4.49. The Morgan fingerprint density at radius 1 is 1.20 bits per heavy atom. The number of nitrogens with one attached hydrogen (secondary N) is 1. The summed E-state index contributed by atoms with van der Waals surface area (Å²) in [7, 11) is 0. The third-order valence-electron chi connectivity index (χ3n) is 3.53. The first kappa shape index (κ1) is 15.7. The molecule has 0 aliphatic carbocycles. The number of thiophene rings is 1. The van der Waals surface area contributed by atoms with Crippen molar-refractivity contribution in [3.05, 3.63) is 55.2 Å². The van der Waals surface area contributed by atoms with Crippen LogP contribution in [0.25, 0.3) is 0 Å². The summed E-state index contributed by atoms with van der Waals surface area (Å²) in [5, 5.41) is 3.63. The average Bonchev–Trinajstić information content (AvgIpc) is 2.72. The van der Waals surface area contributed by atoms with Crippen molar-refractivity contribution in [3.63, 3.8) is 0 Å². The maximum atomic E-state index is 3.70. The highest BCUT2D eigenvalue weighted by Crippen LogP contribution is 2.34. The predicted octanol–water partition coefficient (Wildman–Crippen LogP) is 5.33. The highest BCUT2D eigenvalue weighted by atomic mass is 79.9. The molecule has 3 heteroatoms. The summed E-state index contributed by atoms with van der Waals surface area (Å²) in [6, 6.07) is 9.32. The first-order valence-electron chi connectivity index (χ1n) is 7.06. The maximum absolute atomic E-state index is 3.70. The van der Waals surface area contributed by atoms with Crippen molar-refractivity contribution in [2.24, 2.45) is 0 Å². The standard InChI is InChI=1S/C17H22BrNS/c1-5-19-16(17-15(18)9-13(4)20-17)10-14-8-11(2)6-7-12(14)3/h6-9,16,19H,5,10H2,1-4H3. The molecule has 20 heavy (non-hydrogen) atoms. The van der Waals surface area contributed by atoms with Crippen LogP contribution >= 0.6 is 27.3 Å². The van der Waals surface area contributed by atoms with Crippen LogP contribution in [0.1, 0.15) is 39.4 Å². The third-order valence-corrected chi connectivity index (χ3v) is 5.61. The molecule has 0 radical (unpaired) electrons. The first-order valence-corrected chi connectivity index (χ1v) is 8.67. The van der Waals surface area contributed by atoms with Gasteiger partial charge in [0.05, 0.1) is 0 Å². The van der Waals surface area contributed by atoms with Crippen LogP contribution in [0.5, 0.6) is 0 Å². The van der Waals surface area contributed by atoms with Crippen LogP contribution < -0.4 is 5.32 Å². The van der Waals surface area contributed by atoms with Gasteiger partial charge in [-0.15, -0.1) is 11.3 Å². The zero-order valence-electron chi connectivity index (χ0n) is 12.6. The summed E-state index contributed by atoms with van der Waals surface area (Å²) in [6.45, 7) is 9.69. The van der Waals surface area contributed by atoms with E-state index < -0.39 is 0 Å². The average molecular weight is 352 g/mol. The molecule has 1 unspecified atom stereocenters. The second-order valence-electron chi connectivity index (χ2n) is 5.31. The zero-order valence-corrected chi connectivity index (χ0v) is 15.0. The van der Waals surface area contributed by atoms with Crippen molar-refractivity contribution >= 4 is 27.3 Å². The van der Waals surface area contributed by atoms with Gasteiger partial charge in [0, 0.05) is 20.3 Å². The predicted molar refractivity (Wildman–Crippen MR) is 92.8 cm³/mol. The van der Waals surface area contributed by atoms with E-state index >= 15 is 0 Å². The van der Waals surface area contributed by atoms with E-state index in [2.05, 4.69) is 73.2 Å². The van der Waals surface area contributed by atoms with Gasteiger partial charge in [-0.3, -0.25) is 0 Å². The van der Waals surface area contributed by atoms with E-state index in [4.69, 9.17) is 0 Å². The van der Waals surface area contributed by atoms with E-state index in [1.807, 2.05) is 11.3 Å². The maximum Gasteiger partial charge on any atom is 0.0467 e. The number of rotatable bonds is 5. The topological polar surface area (TPSA) is 12.0 Å². The Kier molecular flexibility index (Phi) is 5.42. The van der Waals surface area contributed by atoms with Crippen LogP contribution in [0.15, 0.2) is 28.7 Å². The lowest BCUT2D eigenvalue weighted by molar-refractivity contribution is 0.555. The van der Waals surface area contributed by atoms with Gasteiger partial charge in [0.1, 0.15) is 0 Å². The molecular weight excluding hydrogens is 330 g/mol. The van der Waals surface area contributed by atoms with E-state index in [9.17, 15) is 0 Å². The van der Waals surface area contributed by atoms with E-state index in [1.54, 1.807) is 0 Å². The minimum atomic E-state index is 0.383. The molecule has 1 N–H and O–H groups in total.